The number of anilines is 3. The Morgan fingerprint density at radius 3 is 2.68 bits per heavy atom. The molecule has 3 nitrogen and oxygen atoms in total. The fourth-order valence-corrected chi connectivity index (χ4v) is 3.22. The van der Waals surface area contributed by atoms with Crippen molar-refractivity contribution in [1.82, 2.24) is 0 Å². The molecule has 0 bridgehead atoms. The van der Waals surface area contributed by atoms with Crippen LogP contribution in [0.15, 0.2) is 42.5 Å². The van der Waals surface area contributed by atoms with Crippen molar-refractivity contribution in [2.75, 3.05) is 16.8 Å². The van der Waals surface area contributed by atoms with Gasteiger partial charge >= 0.3 is 0 Å². The van der Waals surface area contributed by atoms with E-state index < -0.39 is 0 Å². The van der Waals surface area contributed by atoms with Crippen molar-refractivity contribution < 1.29 is 0 Å². The van der Waals surface area contributed by atoms with Crippen LogP contribution in [-0.4, -0.2) is 13.2 Å². The van der Waals surface area contributed by atoms with Gasteiger partial charge in [-0.05, 0) is 23.8 Å². The molecule has 0 aromatic heterocycles. The molecule has 4 rings (SSSR count). The Morgan fingerprint density at radius 1 is 1.11 bits per heavy atom. The van der Waals surface area contributed by atoms with Gasteiger partial charge in [0.25, 0.3) is 0 Å². The van der Waals surface area contributed by atoms with Gasteiger partial charge in [0, 0.05) is 19.2 Å². The largest absolute Gasteiger partial charge is 0.352 e. The van der Waals surface area contributed by atoms with Crippen LogP contribution < -0.4 is 9.80 Å². The van der Waals surface area contributed by atoms with Crippen LogP contribution >= 0.6 is 0 Å². The number of hydrogen-bond acceptors (Lipinski definition) is 2. The lowest BCUT2D eigenvalue weighted by molar-refractivity contribution is 0.704. The molecule has 1 atom stereocenters. The maximum absolute atomic E-state index is 7.12. The fourth-order valence-electron chi connectivity index (χ4n) is 3.22. The lowest BCUT2D eigenvalue weighted by atomic mass is 10.1. The van der Waals surface area contributed by atoms with Crippen LogP contribution in [0.25, 0.3) is 4.85 Å². The maximum Gasteiger partial charge on any atom is 0.187 e. The molecule has 19 heavy (non-hydrogen) atoms. The third kappa shape index (κ3) is 1.26. The molecule has 0 saturated heterocycles. The molecule has 0 fully saturated rings. The summed E-state index contributed by atoms with van der Waals surface area (Å²) in [6, 6.07) is 14.5. The van der Waals surface area contributed by atoms with Gasteiger partial charge in [0.15, 0.2) is 5.69 Å². The lowest BCUT2D eigenvalue weighted by Crippen LogP contribution is -2.35. The second-order valence-electron chi connectivity index (χ2n) is 5.08. The molecular formula is C16H13N3. The molecular weight excluding hydrogens is 234 g/mol. The molecule has 2 aliphatic heterocycles. The first-order valence-electron chi connectivity index (χ1n) is 6.41. The molecule has 0 amide bonds. The molecule has 0 aliphatic carbocycles. The van der Waals surface area contributed by atoms with E-state index >= 15 is 0 Å². The molecule has 1 unspecified atom stereocenters. The highest BCUT2D eigenvalue weighted by atomic mass is 15.4. The Hall–Kier alpha value is -2.47. The molecule has 92 valence electrons. The highest BCUT2D eigenvalue weighted by Gasteiger charge is 2.40. The average Bonchev–Trinajstić information content (AvgIpc) is 2.95. The summed E-state index contributed by atoms with van der Waals surface area (Å²) in [5, 5.41) is 0. The monoisotopic (exact) mass is 247 g/mol. The highest BCUT2D eigenvalue weighted by molar-refractivity contribution is 5.87. The summed E-state index contributed by atoms with van der Waals surface area (Å²) in [4.78, 5) is 8.24. The Kier molecular flexibility index (Phi) is 1.94. The predicted molar refractivity (Wildman–Crippen MR) is 77.2 cm³/mol. The summed E-state index contributed by atoms with van der Waals surface area (Å²) >= 11 is 0. The van der Waals surface area contributed by atoms with Gasteiger partial charge in [-0.3, -0.25) is 0 Å². The molecule has 3 heteroatoms. The lowest BCUT2D eigenvalue weighted by Gasteiger charge is -2.23. The van der Waals surface area contributed by atoms with Gasteiger partial charge in [0.1, 0.15) is 6.17 Å². The summed E-state index contributed by atoms with van der Waals surface area (Å²) in [5.41, 5.74) is 5.81. The van der Waals surface area contributed by atoms with Crippen molar-refractivity contribution in [3.05, 3.63) is 59.4 Å². The van der Waals surface area contributed by atoms with Crippen molar-refractivity contribution in [3.63, 3.8) is 0 Å². The normalized spacial score (nSPS) is 18.8. The van der Waals surface area contributed by atoms with Crippen molar-refractivity contribution >= 4 is 22.7 Å². The molecule has 2 heterocycles. The third-order valence-corrected chi connectivity index (χ3v) is 4.12. The zero-order chi connectivity index (χ0) is 13.0. The van der Waals surface area contributed by atoms with Crippen LogP contribution in [0.3, 0.4) is 0 Å². The minimum Gasteiger partial charge on any atom is -0.352 e. The van der Waals surface area contributed by atoms with Gasteiger partial charge in [0.05, 0.1) is 17.9 Å². The summed E-state index contributed by atoms with van der Waals surface area (Å²) in [6.45, 7) is 7.12. The molecule has 0 spiro atoms. The van der Waals surface area contributed by atoms with Gasteiger partial charge in [-0.1, -0.05) is 24.3 Å². The van der Waals surface area contributed by atoms with E-state index in [0.29, 0.717) is 6.17 Å². The zero-order valence-electron chi connectivity index (χ0n) is 10.7. The van der Waals surface area contributed by atoms with E-state index in [4.69, 9.17) is 6.57 Å². The molecule has 2 aliphatic rings. The van der Waals surface area contributed by atoms with Gasteiger partial charge in [-0.25, -0.2) is 4.85 Å². The first-order valence-corrected chi connectivity index (χ1v) is 6.41. The SMILES string of the molecule is [C-]#[N+]c1ccc2c(c1)CC1N(C)c3ccccc3N21. The summed E-state index contributed by atoms with van der Waals surface area (Å²) < 4.78 is 0. The number of hydrogen-bond donors (Lipinski definition) is 0. The highest BCUT2D eigenvalue weighted by Crippen LogP contribution is 2.49. The van der Waals surface area contributed by atoms with Crippen molar-refractivity contribution in [2.45, 2.75) is 12.6 Å². The Labute approximate surface area is 112 Å². The van der Waals surface area contributed by atoms with Gasteiger partial charge in [0.2, 0.25) is 0 Å². The fraction of sp³-hybridized carbons (Fsp3) is 0.188. The Morgan fingerprint density at radius 2 is 1.89 bits per heavy atom. The second-order valence-corrected chi connectivity index (χ2v) is 5.08. The van der Waals surface area contributed by atoms with Gasteiger partial charge < -0.3 is 9.80 Å². The molecule has 0 saturated carbocycles. The number of fused-ring (bicyclic) bond motifs is 5. The first kappa shape index (κ1) is 10.5. The maximum atomic E-state index is 7.12. The van der Waals surface area contributed by atoms with Crippen LogP contribution in [0.1, 0.15) is 5.56 Å². The molecule has 0 radical (unpaired) electrons. The van der Waals surface area contributed by atoms with Crippen LogP contribution in [0.5, 0.6) is 0 Å². The minimum atomic E-state index is 0.355. The summed E-state index contributed by atoms with van der Waals surface area (Å²) in [5.74, 6) is 0. The smallest absolute Gasteiger partial charge is 0.187 e. The summed E-state index contributed by atoms with van der Waals surface area (Å²) in [7, 11) is 2.14. The number of rotatable bonds is 0. The van der Waals surface area contributed by atoms with E-state index in [-0.39, 0.29) is 0 Å². The van der Waals surface area contributed by atoms with Crippen molar-refractivity contribution in [1.29, 1.82) is 0 Å². The quantitative estimate of drug-likeness (QED) is 0.657. The van der Waals surface area contributed by atoms with E-state index in [1.54, 1.807) is 0 Å². The van der Waals surface area contributed by atoms with E-state index in [1.165, 1.54) is 22.6 Å². The Bertz CT molecular complexity index is 714. The number of nitrogens with zero attached hydrogens (tertiary/aromatic N) is 3. The summed E-state index contributed by atoms with van der Waals surface area (Å²) in [6.07, 6.45) is 1.33. The standard InChI is InChI=1S/C16H13N3/c1-17-12-7-8-13-11(9-12)10-16-18(2)14-5-3-4-6-15(14)19(13)16/h3-9,16H,10H2,2H3. The van der Waals surface area contributed by atoms with Gasteiger partial charge in [-0.2, -0.15) is 0 Å². The van der Waals surface area contributed by atoms with Crippen LogP contribution in [0.2, 0.25) is 0 Å². The number of benzene rings is 2. The topological polar surface area (TPSA) is 10.8 Å². The second kappa shape index (κ2) is 3.52. The molecule has 2 aromatic carbocycles. The van der Waals surface area contributed by atoms with Crippen molar-refractivity contribution in [3.8, 4) is 0 Å². The molecule has 0 N–H and O–H groups in total. The van der Waals surface area contributed by atoms with Crippen LogP contribution in [0.4, 0.5) is 22.7 Å². The van der Waals surface area contributed by atoms with E-state index in [9.17, 15) is 0 Å². The van der Waals surface area contributed by atoms with Crippen LogP contribution in [-0.2, 0) is 6.42 Å². The van der Waals surface area contributed by atoms with Crippen LogP contribution in [0, 0.1) is 6.57 Å². The average molecular weight is 247 g/mol. The van der Waals surface area contributed by atoms with E-state index in [1.807, 2.05) is 12.1 Å². The first-order chi connectivity index (χ1) is 9.29. The molecule has 2 aromatic rings. The predicted octanol–water partition coefficient (Wildman–Crippen LogP) is 3.71. The third-order valence-electron chi connectivity index (χ3n) is 4.12. The van der Waals surface area contributed by atoms with E-state index in [2.05, 4.69) is 52.0 Å². The van der Waals surface area contributed by atoms with Gasteiger partial charge in [-0.15, -0.1) is 0 Å². The Balaban J connectivity index is 1.90. The van der Waals surface area contributed by atoms with E-state index in [0.717, 1.165) is 12.1 Å². The minimum absolute atomic E-state index is 0.355. The van der Waals surface area contributed by atoms with Crippen molar-refractivity contribution in [2.24, 2.45) is 0 Å². The number of likely N-dealkylation sites (N-methyl/N-ethyl adjacent to an activating group) is 1. The zero-order valence-corrected chi connectivity index (χ0v) is 10.7. The number of para-hydroxylation sites is 2.